The number of nitrogens with two attached hydrogens (primary N) is 1. The van der Waals surface area contributed by atoms with Gasteiger partial charge in [0.2, 0.25) is 0 Å². The second kappa shape index (κ2) is 6.64. The average molecular weight is 313 g/mol. The number of morpholine rings is 1. The molecule has 3 rings (SSSR count). The van der Waals surface area contributed by atoms with Crippen LogP contribution in [0.4, 0.5) is 0 Å². The fourth-order valence-corrected chi connectivity index (χ4v) is 3.04. The lowest BCUT2D eigenvalue weighted by Gasteiger charge is -2.33. The maximum Gasteiger partial charge on any atom is 0.255 e. The van der Waals surface area contributed by atoms with Crippen LogP contribution in [-0.4, -0.2) is 48.1 Å². The number of fused-ring (bicyclic) bond motifs is 1. The van der Waals surface area contributed by atoms with E-state index in [0.29, 0.717) is 31.8 Å². The number of aryl methyl sites for hydroxylation is 2. The van der Waals surface area contributed by atoms with Gasteiger partial charge in [-0.15, -0.1) is 0 Å². The van der Waals surface area contributed by atoms with Crippen molar-refractivity contribution in [3.05, 3.63) is 41.1 Å². The van der Waals surface area contributed by atoms with Gasteiger partial charge in [-0.3, -0.25) is 9.78 Å². The molecule has 0 bridgehead atoms. The van der Waals surface area contributed by atoms with E-state index in [4.69, 9.17) is 10.5 Å². The Morgan fingerprint density at radius 3 is 3.00 bits per heavy atom. The summed E-state index contributed by atoms with van der Waals surface area (Å²) in [5, 5.41) is 1.01. The van der Waals surface area contributed by atoms with Gasteiger partial charge in [0.15, 0.2) is 0 Å². The first-order valence-electron chi connectivity index (χ1n) is 8.07. The van der Waals surface area contributed by atoms with Crippen molar-refractivity contribution in [3.63, 3.8) is 0 Å². The highest BCUT2D eigenvalue weighted by molar-refractivity contribution is 5.98. The Morgan fingerprint density at radius 2 is 2.22 bits per heavy atom. The molecule has 1 aliphatic rings. The van der Waals surface area contributed by atoms with E-state index < -0.39 is 0 Å². The van der Waals surface area contributed by atoms with E-state index in [2.05, 4.69) is 11.1 Å². The van der Waals surface area contributed by atoms with E-state index in [1.165, 1.54) is 0 Å². The summed E-state index contributed by atoms with van der Waals surface area (Å²) in [7, 11) is 0. The molecule has 23 heavy (non-hydrogen) atoms. The lowest BCUT2D eigenvalue weighted by molar-refractivity contribution is -0.0236. The maximum absolute atomic E-state index is 12.9. The molecule has 1 aromatic heterocycles. The molecule has 0 unspecified atom stereocenters. The minimum absolute atomic E-state index is 0.0312. The summed E-state index contributed by atoms with van der Waals surface area (Å²) in [6.45, 7) is 6.29. The molecule has 1 atom stereocenters. The molecule has 1 saturated heterocycles. The van der Waals surface area contributed by atoms with Crippen LogP contribution in [0.3, 0.4) is 0 Å². The van der Waals surface area contributed by atoms with Gasteiger partial charge in [0.05, 0.1) is 29.5 Å². The van der Waals surface area contributed by atoms with Crippen LogP contribution in [0, 0.1) is 13.8 Å². The van der Waals surface area contributed by atoms with Crippen molar-refractivity contribution in [2.45, 2.75) is 26.4 Å². The smallest absolute Gasteiger partial charge is 0.255 e. The van der Waals surface area contributed by atoms with Gasteiger partial charge in [-0.05, 0) is 45.0 Å². The Bertz CT molecular complexity index is 728. The van der Waals surface area contributed by atoms with Crippen molar-refractivity contribution in [3.8, 4) is 0 Å². The van der Waals surface area contributed by atoms with Crippen LogP contribution in [0.25, 0.3) is 10.9 Å². The molecule has 1 aliphatic heterocycles. The zero-order chi connectivity index (χ0) is 16.4. The summed E-state index contributed by atoms with van der Waals surface area (Å²) in [4.78, 5) is 19.3. The third-order valence-electron chi connectivity index (χ3n) is 4.31. The molecule has 5 nitrogen and oxygen atoms in total. The molecule has 2 N–H and O–H groups in total. The number of carbonyl (C=O) groups is 1. The predicted octanol–water partition coefficient (Wildman–Crippen LogP) is 2.04. The lowest BCUT2D eigenvalue weighted by Crippen LogP contribution is -2.46. The zero-order valence-electron chi connectivity index (χ0n) is 13.7. The molecule has 2 aromatic rings. The van der Waals surface area contributed by atoms with Crippen LogP contribution in [0.15, 0.2) is 24.3 Å². The Morgan fingerprint density at radius 1 is 1.39 bits per heavy atom. The van der Waals surface area contributed by atoms with Crippen molar-refractivity contribution in [1.82, 2.24) is 9.88 Å². The number of hydrogen-bond donors (Lipinski definition) is 1. The monoisotopic (exact) mass is 313 g/mol. The van der Waals surface area contributed by atoms with Crippen molar-refractivity contribution >= 4 is 16.8 Å². The van der Waals surface area contributed by atoms with E-state index in [0.717, 1.165) is 28.6 Å². The van der Waals surface area contributed by atoms with Crippen molar-refractivity contribution in [2.75, 3.05) is 26.2 Å². The number of carbonyl (C=O) groups excluding carboxylic acids is 1. The SMILES string of the molecule is Cc1ccc2nc(C)c(C(=O)N3CCO[C@H](CCN)C3)cc2c1. The first-order valence-corrected chi connectivity index (χ1v) is 8.07. The molecule has 1 amide bonds. The molecular weight excluding hydrogens is 290 g/mol. The van der Waals surface area contributed by atoms with Gasteiger partial charge in [0, 0.05) is 18.5 Å². The molecule has 2 heterocycles. The van der Waals surface area contributed by atoms with Gasteiger partial charge in [-0.2, -0.15) is 0 Å². The van der Waals surface area contributed by atoms with E-state index in [1.54, 1.807) is 0 Å². The van der Waals surface area contributed by atoms with E-state index in [9.17, 15) is 4.79 Å². The van der Waals surface area contributed by atoms with Crippen LogP contribution in [0.5, 0.6) is 0 Å². The largest absolute Gasteiger partial charge is 0.374 e. The van der Waals surface area contributed by atoms with Crippen LogP contribution in [-0.2, 0) is 4.74 Å². The Hall–Kier alpha value is -1.98. The third-order valence-corrected chi connectivity index (χ3v) is 4.31. The third kappa shape index (κ3) is 3.35. The van der Waals surface area contributed by atoms with Gasteiger partial charge in [-0.25, -0.2) is 0 Å². The van der Waals surface area contributed by atoms with E-state index >= 15 is 0 Å². The normalized spacial score (nSPS) is 18.4. The highest BCUT2D eigenvalue weighted by Gasteiger charge is 2.26. The minimum atomic E-state index is 0.0312. The van der Waals surface area contributed by atoms with Gasteiger partial charge in [-0.1, -0.05) is 11.6 Å². The summed E-state index contributed by atoms with van der Waals surface area (Å²) >= 11 is 0. The second-order valence-corrected chi connectivity index (χ2v) is 6.14. The number of rotatable bonds is 3. The highest BCUT2D eigenvalue weighted by atomic mass is 16.5. The number of amides is 1. The molecule has 0 aliphatic carbocycles. The standard InChI is InChI=1S/C18H23N3O2/c1-12-3-4-17-14(9-12)10-16(13(2)20-17)18(22)21-7-8-23-15(11-21)5-6-19/h3-4,9-10,15H,5-8,11,19H2,1-2H3/t15-/m1/s1. The van der Waals surface area contributed by atoms with E-state index in [1.807, 2.05) is 36.9 Å². The first-order chi connectivity index (χ1) is 11.1. The summed E-state index contributed by atoms with van der Waals surface area (Å²) in [5.41, 5.74) is 9.13. The van der Waals surface area contributed by atoms with Gasteiger partial charge >= 0.3 is 0 Å². The molecule has 0 saturated carbocycles. The van der Waals surface area contributed by atoms with Crippen molar-refractivity contribution in [1.29, 1.82) is 0 Å². The van der Waals surface area contributed by atoms with Gasteiger partial charge < -0.3 is 15.4 Å². The molecule has 0 radical (unpaired) electrons. The first kappa shape index (κ1) is 15.9. The molecule has 1 aromatic carbocycles. The molecule has 122 valence electrons. The van der Waals surface area contributed by atoms with Crippen LogP contribution in [0.1, 0.15) is 28.0 Å². The van der Waals surface area contributed by atoms with Crippen LogP contribution < -0.4 is 5.73 Å². The number of aromatic nitrogens is 1. The number of benzene rings is 1. The average Bonchev–Trinajstić information content (AvgIpc) is 2.54. The van der Waals surface area contributed by atoms with Crippen molar-refractivity contribution < 1.29 is 9.53 Å². The van der Waals surface area contributed by atoms with Crippen LogP contribution >= 0.6 is 0 Å². The Balaban J connectivity index is 1.89. The Kier molecular flexibility index (Phi) is 4.59. The fraction of sp³-hybridized carbons (Fsp3) is 0.444. The summed E-state index contributed by atoms with van der Waals surface area (Å²) < 4.78 is 5.66. The topological polar surface area (TPSA) is 68.5 Å². The highest BCUT2D eigenvalue weighted by Crippen LogP contribution is 2.20. The summed E-state index contributed by atoms with van der Waals surface area (Å²) in [6, 6.07) is 8.06. The lowest BCUT2D eigenvalue weighted by atomic mass is 10.1. The van der Waals surface area contributed by atoms with Crippen LogP contribution in [0.2, 0.25) is 0 Å². The summed E-state index contributed by atoms with van der Waals surface area (Å²) in [6.07, 6.45) is 0.812. The number of hydrogen-bond acceptors (Lipinski definition) is 4. The van der Waals surface area contributed by atoms with Gasteiger partial charge in [0.25, 0.3) is 5.91 Å². The van der Waals surface area contributed by atoms with Gasteiger partial charge in [0.1, 0.15) is 0 Å². The summed E-state index contributed by atoms with van der Waals surface area (Å²) in [5.74, 6) is 0.0312. The molecule has 1 fully saturated rings. The molecular formula is C18H23N3O2. The molecule has 0 spiro atoms. The Labute approximate surface area is 136 Å². The molecule has 5 heteroatoms. The zero-order valence-corrected chi connectivity index (χ0v) is 13.7. The number of ether oxygens (including phenoxy) is 1. The maximum atomic E-state index is 12.9. The number of pyridine rings is 1. The predicted molar refractivity (Wildman–Crippen MR) is 90.5 cm³/mol. The van der Waals surface area contributed by atoms with Crippen molar-refractivity contribution in [2.24, 2.45) is 5.73 Å². The van der Waals surface area contributed by atoms with E-state index in [-0.39, 0.29) is 12.0 Å². The number of nitrogens with zero attached hydrogens (tertiary/aromatic N) is 2. The second-order valence-electron chi connectivity index (χ2n) is 6.14. The fourth-order valence-electron chi connectivity index (χ4n) is 3.04. The minimum Gasteiger partial charge on any atom is -0.374 e. The quantitative estimate of drug-likeness (QED) is 0.941.